The molecule has 2 nitrogen and oxygen atoms in total. The van der Waals surface area contributed by atoms with Crippen molar-refractivity contribution in [2.45, 2.75) is 25.5 Å². The Morgan fingerprint density at radius 1 is 1.10 bits per heavy atom. The van der Waals surface area contributed by atoms with Gasteiger partial charge in [0.05, 0.1) is 5.60 Å². The van der Waals surface area contributed by atoms with E-state index < -0.39 is 5.60 Å². The topological polar surface area (TPSA) is 32.3 Å². The molecule has 2 rings (SSSR count). The van der Waals surface area contributed by atoms with Crippen molar-refractivity contribution in [3.63, 3.8) is 0 Å². The quantitative estimate of drug-likeness (QED) is 0.875. The summed E-state index contributed by atoms with van der Waals surface area (Å²) in [7, 11) is 0. The van der Waals surface area contributed by atoms with Crippen LogP contribution in [-0.2, 0) is 5.60 Å². The predicted octanol–water partition coefficient (Wildman–Crippen LogP) is 3.38. The van der Waals surface area contributed by atoms with Crippen LogP contribution in [0.1, 0.15) is 31.0 Å². The van der Waals surface area contributed by atoms with E-state index in [2.05, 4.69) is 5.32 Å². The maximum atomic E-state index is 12.9. The van der Waals surface area contributed by atoms with Gasteiger partial charge in [0.15, 0.2) is 0 Å². The summed E-state index contributed by atoms with van der Waals surface area (Å²) in [5.74, 6) is -0.239. The molecule has 0 saturated heterocycles. The van der Waals surface area contributed by atoms with E-state index in [-0.39, 0.29) is 11.9 Å². The molecule has 0 saturated carbocycles. The fourth-order valence-corrected chi connectivity index (χ4v) is 2.12. The van der Waals surface area contributed by atoms with E-state index in [4.69, 9.17) is 0 Å². The molecule has 106 valence electrons. The van der Waals surface area contributed by atoms with E-state index in [1.807, 2.05) is 37.3 Å². The van der Waals surface area contributed by atoms with Crippen molar-refractivity contribution in [3.05, 3.63) is 71.5 Å². The Bertz CT molecular complexity index is 537. The number of hydrogen-bond donors (Lipinski definition) is 2. The fraction of sp³-hybridized carbons (Fsp3) is 0.294. The monoisotopic (exact) mass is 273 g/mol. The van der Waals surface area contributed by atoms with Gasteiger partial charge in [-0.2, -0.15) is 0 Å². The van der Waals surface area contributed by atoms with Gasteiger partial charge in [-0.3, -0.25) is 0 Å². The van der Waals surface area contributed by atoms with E-state index in [1.54, 1.807) is 19.1 Å². The van der Waals surface area contributed by atoms with E-state index in [1.165, 1.54) is 12.1 Å². The van der Waals surface area contributed by atoms with Gasteiger partial charge >= 0.3 is 0 Å². The molecule has 0 bridgehead atoms. The maximum Gasteiger partial charge on any atom is 0.123 e. The smallest absolute Gasteiger partial charge is 0.123 e. The zero-order valence-corrected chi connectivity index (χ0v) is 11.8. The number of halogens is 1. The van der Waals surface area contributed by atoms with Gasteiger partial charge in [-0.15, -0.1) is 0 Å². The summed E-state index contributed by atoms with van der Waals surface area (Å²) < 4.78 is 12.9. The highest BCUT2D eigenvalue weighted by Crippen LogP contribution is 2.21. The molecule has 0 aliphatic rings. The summed E-state index contributed by atoms with van der Waals surface area (Å²) >= 11 is 0. The average Bonchev–Trinajstić information content (AvgIpc) is 2.46. The average molecular weight is 273 g/mol. The van der Waals surface area contributed by atoms with Crippen LogP contribution in [0, 0.1) is 5.82 Å². The first kappa shape index (κ1) is 14.7. The summed E-state index contributed by atoms with van der Waals surface area (Å²) in [5.41, 5.74) is 0.935. The van der Waals surface area contributed by atoms with Crippen LogP contribution in [-0.4, -0.2) is 11.7 Å². The van der Waals surface area contributed by atoms with Crippen LogP contribution in [0.3, 0.4) is 0 Å². The molecule has 2 aromatic rings. The molecular formula is C17H20FNO. The molecule has 0 aliphatic heterocycles. The minimum atomic E-state index is -0.935. The number of benzene rings is 2. The standard InChI is InChI=1S/C17H20FNO/c1-13(14-8-10-16(18)11-9-14)19-12-17(2,20)15-6-4-3-5-7-15/h3-11,13,19-20H,12H2,1-2H3/t13-,17?/m1/s1. The van der Waals surface area contributed by atoms with Crippen LogP contribution in [0.2, 0.25) is 0 Å². The molecule has 1 unspecified atom stereocenters. The molecule has 3 heteroatoms. The van der Waals surface area contributed by atoms with Crippen LogP contribution in [0.15, 0.2) is 54.6 Å². The van der Waals surface area contributed by atoms with Crippen LogP contribution < -0.4 is 5.32 Å². The minimum absolute atomic E-state index is 0.0470. The number of hydrogen-bond acceptors (Lipinski definition) is 2. The van der Waals surface area contributed by atoms with Crippen LogP contribution in [0.5, 0.6) is 0 Å². The van der Waals surface area contributed by atoms with Crippen molar-refractivity contribution in [3.8, 4) is 0 Å². The summed E-state index contributed by atoms with van der Waals surface area (Å²) in [6, 6.07) is 16.0. The van der Waals surface area contributed by atoms with Gasteiger partial charge in [0, 0.05) is 12.6 Å². The van der Waals surface area contributed by atoms with Crippen LogP contribution >= 0.6 is 0 Å². The van der Waals surface area contributed by atoms with Crippen molar-refractivity contribution < 1.29 is 9.50 Å². The highest BCUT2D eigenvalue weighted by Gasteiger charge is 2.23. The Hall–Kier alpha value is -1.71. The third-order valence-corrected chi connectivity index (χ3v) is 3.52. The molecule has 0 radical (unpaired) electrons. The first-order valence-electron chi connectivity index (χ1n) is 6.76. The summed E-state index contributed by atoms with van der Waals surface area (Å²) in [6.45, 7) is 4.20. The van der Waals surface area contributed by atoms with Crippen LogP contribution in [0.4, 0.5) is 4.39 Å². The Labute approximate surface area is 119 Å². The Morgan fingerprint density at radius 3 is 2.30 bits per heavy atom. The molecular weight excluding hydrogens is 253 g/mol. The van der Waals surface area contributed by atoms with E-state index in [9.17, 15) is 9.50 Å². The highest BCUT2D eigenvalue weighted by atomic mass is 19.1. The first-order valence-corrected chi connectivity index (χ1v) is 6.76. The molecule has 0 spiro atoms. The van der Waals surface area contributed by atoms with Gasteiger partial charge in [0.2, 0.25) is 0 Å². The molecule has 2 aromatic carbocycles. The van der Waals surface area contributed by atoms with Crippen molar-refractivity contribution in [1.82, 2.24) is 5.32 Å². The molecule has 0 aromatic heterocycles. The second kappa shape index (κ2) is 6.16. The number of aliphatic hydroxyl groups is 1. The summed E-state index contributed by atoms with van der Waals surface area (Å²) in [4.78, 5) is 0. The van der Waals surface area contributed by atoms with Crippen LogP contribution in [0.25, 0.3) is 0 Å². The molecule has 0 fully saturated rings. The maximum absolute atomic E-state index is 12.9. The molecule has 20 heavy (non-hydrogen) atoms. The Kier molecular flexibility index (Phi) is 4.53. The molecule has 0 amide bonds. The van der Waals surface area contributed by atoms with Gasteiger partial charge in [-0.25, -0.2) is 4.39 Å². The summed E-state index contributed by atoms with van der Waals surface area (Å²) in [6.07, 6.45) is 0. The number of nitrogens with one attached hydrogen (secondary N) is 1. The largest absolute Gasteiger partial charge is 0.384 e. The lowest BCUT2D eigenvalue weighted by atomic mass is 9.95. The van der Waals surface area contributed by atoms with E-state index in [0.29, 0.717) is 6.54 Å². The van der Waals surface area contributed by atoms with E-state index in [0.717, 1.165) is 11.1 Å². The second-order valence-electron chi connectivity index (χ2n) is 5.29. The van der Waals surface area contributed by atoms with Crippen molar-refractivity contribution >= 4 is 0 Å². The van der Waals surface area contributed by atoms with Gasteiger partial charge in [0.25, 0.3) is 0 Å². The predicted molar refractivity (Wildman–Crippen MR) is 78.8 cm³/mol. The van der Waals surface area contributed by atoms with Crippen molar-refractivity contribution in [2.24, 2.45) is 0 Å². The molecule has 2 atom stereocenters. The van der Waals surface area contributed by atoms with Crippen molar-refractivity contribution in [2.75, 3.05) is 6.54 Å². The van der Waals surface area contributed by atoms with Gasteiger partial charge in [-0.05, 0) is 37.1 Å². The second-order valence-corrected chi connectivity index (χ2v) is 5.29. The number of rotatable bonds is 5. The normalized spacial score (nSPS) is 15.6. The minimum Gasteiger partial charge on any atom is -0.384 e. The fourth-order valence-electron chi connectivity index (χ4n) is 2.12. The van der Waals surface area contributed by atoms with E-state index >= 15 is 0 Å². The summed E-state index contributed by atoms with van der Waals surface area (Å²) in [5, 5.41) is 13.8. The SMILES string of the molecule is C[C@@H](NCC(C)(O)c1ccccc1)c1ccc(F)cc1. The van der Waals surface area contributed by atoms with Gasteiger partial charge in [-0.1, -0.05) is 42.5 Å². The Balaban J connectivity index is 1.99. The highest BCUT2D eigenvalue weighted by molar-refractivity contribution is 5.23. The zero-order chi connectivity index (χ0) is 14.6. The molecule has 2 N–H and O–H groups in total. The third-order valence-electron chi connectivity index (χ3n) is 3.52. The lowest BCUT2D eigenvalue weighted by Gasteiger charge is -2.26. The lowest BCUT2D eigenvalue weighted by molar-refractivity contribution is 0.0543. The third kappa shape index (κ3) is 3.65. The van der Waals surface area contributed by atoms with Gasteiger partial charge in [0.1, 0.15) is 5.82 Å². The zero-order valence-electron chi connectivity index (χ0n) is 11.8. The van der Waals surface area contributed by atoms with Crippen molar-refractivity contribution in [1.29, 1.82) is 0 Å². The molecule has 0 aliphatic carbocycles. The van der Waals surface area contributed by atoms with Gasteiger partial charge < -0.3 is 10.4 Å². The molecule has 0 heterocycles. The first-order chi connectivity index (χ1) is 9.49. The Morgan fingerprint density at radius 2 is 1.70 bits per heavy atom. The lowest BCUT2D eigenvalue weighted by Crippen LogP contribution is -2.36.